The van der Waals surface area contributed by atoms with E-state index >= 15 is 0 Å². The standard InChI is InChI=1S/C24H23N5OS/c1-24(30)12-16(13-24)22-28-19(20-21(25)26-9-10-29(20)22)15-7-8-18-17(11-15)27-23(31-18)14-5-3-2-4-6-14/h2-11,16-18,30H,12-13H2,1H3,(H2,25,26). The Bertz CT molecular complexity index is 1270. The van der Waals surface area contributed by atoms with Crippen LogP contribution in [-0.2, 0) is 0 Å². The quantitative estimate of drug-likeness (QED) is 0.661. The lowest BCUT2D eigenvalue weighted by Gasteiger charge is -2.40. The molecule has 2 unspecified atom stereocenters. The molecule has 6 nitrogen and oxygen atoms in total. The average molecular weight is 430 g/mol. The van der Waals surface area contributed by atoms with Gasteiger partial charge in [-0.05, 0) is 25.8 Å². The van der Waals surface area contributed by atoms with Crippen molar-refractivity contribution in [2.45, 2.75) is 42.6 Å². The van der Waals surface area contributed by atoms with Crippen molar-refractivity contribution in [3.05, 3.63) is 78.0 Å². The summed E-state index contributed by atoms with van der Waals surface area (Å²) in [5.41, 5.74) is 9.53. The number of imidazole rings is 1. The van der Waals surface area contributed by atoms with Crippen LogP contribution in [0, 0.1) is 0 Å². The highest BCUT2D eigenvalue weighted by Gasteiger charge is 2.42. The van der Waals surface area contributed by atoms with Crippen LogP contribution in [0.5, 0.6) is 0 Å². The number of nitrogen functional groups attached to an aromatic ring is 1. The Hall–Kier alpha value is -2.90. The van der Waals surface area contributed by atoms with Gasteiger partial charge in [0.1, 0.15) is 17.2 Å². The zero-order valence-corrected chi connectivity index (χ0v) is 18.0. The summed E-state index contributed by atoms with van der Waals surface area (Å²) in [5.74, 6) is 1.62. The topological polar surface area (TPSA) is 88.8 Å². The zero-order valence-electron chi connectivity index (χ0n) is 17.1. The Balaban J connectivity index is 1.40. The first-order chi connectivity index (χ1) is 15.0. The van der Waals surface area contributed by atoms with Crippen LogP contribution in [0.2, 0.25) is 0 Å². The summed E-state index contributed by atoms with van der Waals surface area (Å²) < 4.78 is 2.04. The van der Waals surface area contributed by atoms with Gasteiger partial charge < -0.3 is 10.8 Å². The van der Waals surface area contributed by atoms with E-state index in [9.17, 15) is 5.11 Å². The van der Waals surface area contributed by atoms with Crippen LogP contribution in [0.15, 0.2) is 65.9 Å². The van der Waals surface area contributed by atoms with Crippen molar-refractivity contribution in [3.8, 4) is 0 Å². The van der Waals surface area contributed by atoms with Crippen molar-refractivity contribution < 1.29 is 5.11 Å². The van der Waals surface area contributed by atoms with E-state index in [1.807, 2.05) is 35.7 Å². The molecule has 6 rings (SSSR count). The van der Waals surface area contributed by atoms with Crippen LogP contribution in [-0.4, -0.2) is 41.4 Å². The van der Waals surface area contributed by atoms with Crippen LogP contribution in [0.4, 0.5) is 5.82 Å². The van der Waals surface area contributed by atoms with E-state index in [1.54, 1.807) is 18.0 Å². The molecule has 0 spiro atoms. The molecule has 0 radical (unpaired) electrons. The molecule has 2 aromatic heterocycles. The highest BCUT2D eigenvalue weighted by atomic mass is 32.2. The number of hydrogen-bond donors (Lipinski definition) is 2. The molecule has 156 valence electrons. The monoisotopic (exact) mass is 429 g/mol. The highest BCUT2D eigenvalue weighted by Crippen LogP contribution is 2.45. The van der Waals surface area contributed by atoms with E-state index in [-0.39, 0.29) is 12.0 Å². The summed E-state index contributed by atoms with van der Waals surface area (Å²) >= 11 is 1.80. The van der Waals surface area contributed by atoms with Crippen molar-refractivity contribution in [1.82, 2.24) is 14.4 Å². The number of anilines is 1. The first kappa shape index (κ1) is 18.8. The number of benzene rings is 1. The predicted octanol–water partition coefficient (Wildman–Crippen LogP) is 3.82. The second-order valence-corrected chi connectivity index (χ2v) is 9.97. The SMILES string of the molecule is CC1(O)CC(c2nc(C3=CC4N=C(c5ccccc5)SC4C=C3)c3c(N)nccn23)C1. The smallest absolute Gasteiger partial charge is 0.150 e. The Morgan fingerprint density at radius 3 is 2.81 bits per heavy atom. The van der Waals surface area contributed by atoms with Crippen LogP contribution >= 0.6 is 11.8 Å². The van der Waals surface area contributed by atoms with Gasteiger partial charge in [0.2, 0.25) is 0 Å². The molecular weight excluding hydrogens is 406 g/mol. The summed E-state index contributed by atoms with van der Waals surface area (Å²) in [6, 6.07) is 10.4. The maximum absolute atomic E-state index is 10.2. The van der Waals surface area contributed by atoms with E-state index in [0.717, 1.165) is 33.2 Å². The minimum Gasteiger partial charge on any atom is -0.390 e. The Morgan fingerprint density at radius 1 is 1.23 bits per heavy atom. The molecule has 1 saturated carbocycles. The number of nitrogens with zero attached hydrogens (tertiary/aromatic N) is 4. The molecular formula is C24H23N5OS. The van der Waals surface area contributed by atoms with Crippen LogP contribution in [0.25, 0.3) is 11.1 Å². The van der Waals surface area contributed by atoms with E-state index in [2.05, 4.69) is 35.3 Å². The number of rotatable bonds is 3. The fraction of sp³-hybridized carbons (Fsp3) is 0.292. The third-order valence-electron chi connectivity index (χ3n) is 6.31. The van der Waals surface area contributed by atoms with E-state index in [0.29, 0.717) is 23.9 Å². The summed E-state index contributed by atoms with van der Waals surface area (Å²) in [5, 5.41) is 11.6. The summed E-state index contributed by atoms with van der Waals surface area (Å²) in [7, 11) is 0. The lowest BCUT2D eigenvalue weighted by atomic mass is 9.72. The number of aromatic nitrogens is 3. The lowest BCUT2D eigenvalue weighted by Crippen LogP contribution is -2.40. The first-order valence-corrected chi connectivity index (χ1v) is 11.4. The summed E-state index contributed by atoms with van der Waals surface area (Å²) in [6.07, 6.45) is 11.6. The van der Waals surface area contributed by atoms with Gasteiger partial charge in [-0.3, -0.25) is 9.39 Å². The average Bonchev–Trinajstić information content (AvgIpc) is 3.34. The summed E-state index contributed by atoms with van der Waals surface area (Å²) in [4.78, 5) is 14.3. The third kappa shape index (κ3) is 3.11. The maximum atomic E-state index is 10.2. The van der Waals surface area contributed by atoms with Gasteiger partial charge in [-0.25, -0.2) is 9.97 Å². The number of aliphatic hydroxyl groups is 1. The van der Waals surface area contributed by atoms with Crippen molar-refractivity contribution in [3.63, 3.8) is 0 Å². The highest BCUT2D eigenvalue weighted by molar-refractivity contribution is 8.15. The molecule has 3 heterocycles. The normalized spacial score (nSPS) is 29.4. The van der Waals surface area contributed by atoms with E-state index < -0.39 is 5.60 Å². The zero-order chi connectivity index (χ0) is 21.2. The molecule has 3 N–H and O–H groups in total. The lowest BCUT2D eigenvalue weighted by molar-refractivity contribution is -0.0335. The molecule has 3 aromatic rings. The molecule has 0 saturated heterocycles. The molecule has 2 atom stereocenters. The number of thioether (sulfide) groups is 1. The number of aliphatic imine (C=N–C) groups is 1. The van der Waals surface area contributed by atoms with Crippen molar-refractivity contribution in [2.24, 2.45) is 4.99 Å². The Kier molecular flexibility index (Phi) is 4.13. The summed E-state index contributed by atoms with van der Waals surface area (Å²) in [6.45, 7) is 1.88. The molecule has 0 amide bonds. The van der Waals surface area contributed by atoms with Gasteiger partial charge in [0.25, 0.3) is 0 Å². The van der Waals surface area contributed by atoms with Crippen LogP contribution in [0.3, 0.4) is 0 Å². The largest absolute Gasteiger partial charge is 0.390 e. The minimum absolute atomic E-state index is 0.0720. The van der Waals surface area contributed by atoms with Gasteiger partial charge in [0, 0.05) is 29.4 Å². The maximum Gasteiger partial charge on any atom is 0.150 e. The van der Waals surface area contributed by atoms with Gasteiger partial charge in [0.05, 0.1) is 27.6 Å². The Morgan fingerprint density at radius 2 is 2.03 bits per heavy atom. The molecule has 2 aliphatic carbocycles. The fourth-order valence-corrected chi connectivity index (χ4v) is 5.95. The fourth-order valence-electron chi connectivity index (χ4n) is 4.80. The van der Waals surface area contributed by atoms with Crippen molar-refractivity contribution in [1.29, 1.82) is 0 Å². The van der Waals surface area contributed by atoms with Gasteiger partial charge in [0.15, 0.2) is 0 Å². The molecule has 1 aromatic carbocycles. The van der Waals surface area contributed by atoms with Gasteiger partial charge in [-0.2, -0.15) is 0 Å². The van der Waals surface area contributed by atoms with Crippen molar-refractivity contribution >= 4 is 33.7 Å². The van der Waals surface area contributed by atoms with Crippen LogP contribution in [0.1, 0.15) is 42.8 Å². The van der Waals surface area contributed by atoms with Gasteiger partial charge in [-0.1, -0.05) is 54.2 Å². The number of fused-ring (bicyclic) bond motifs is 2. The van der Waals surface area contributed by atoms with Crippen molar-refractivity contribution in [2.75, 3.05) is 5.73 Å². The number of hydrogen-bond acceptors (Lipinski definition) is 6. The molecule has 1 fully saturated rings. The van der Waals surface area contributed by atoms with Gasteiger partial charge in [-0.15, -0.1) is 0 Å². The third-order valence-corrected chi connectivity index (χ3v) is 7.58. The van der Waals surface area contributed by atoms with E-state index in [4.69, 9.17) is 15.7 Å². The second kappa shape index (κ2) is 6.80. The second-order valence-electron chi connectivity index (χ2n) is 8.81. The number of nitrogens with two attached hydrogens (primary N) is 1. The molecule has 7 heteroatoms. The van der Waals surface area contributed by atoms with Gasteiger partial charge >= 0.3 is 0 Å². The predicted molar refractivity (Wildman–Crippen MR) is 125 cm³/mol. The van der Waals surface area contributed by atoms with Crippen LogP contribution < -0.4 is 5.73 Å². The van der Waals surface area contributed by atoms with E-state index in [1.165, 1.54) is 0 Å². The number of allylic oxidation sites excluding steroid dienone is 2. The molecule has 0 bridgehead atoms. The molecule has 31 heavy (non-hydrogen) atoms. The first-order valence-electron chi connectivity index (χ1n) is 10.5. The molecule has 1 aliphatic heterocycles. The minimum atomic E-state index is -0.615. The Labute approximate surface area is 184 Å². The molecule has 3 aliphatic rings.